The average Bonchev–Trinajstić information content (AvgIpc) is 3.39. The third kappa shape index (κ3) is 7.22. The second kappa shape index (κ2) is 13.9. The van der Waals surface area contributed by atoms with Gasteiger partial charge in [0, 0.05) is 12.6 Å². The smallest absolute Gasteiger partial charge is 0.246 e. The standard InChI is InChI=1S/C31H49N5O4/c1-19(2)28(37)33-23-17-26(30(39)34-25-16-10-14-21-11-8-9-15-24(21)25)36(18-23)31(40)27(22-12-6-5-7-13-22)35-29(38)20(3)32-4/h8-9,11,15,19-20,22-23,25-28,32-33,37H,5-7,10,12-14,16-18H2,1-4H3,(H,34,39)(H,35,38)/t20-,23-,25+,26-,27-,28?/m0/s1. The van der Waals surface area contributed by atoms with Gasteiger partial charge in [0.1, 0.15) is 18.3 Å². The molecule has 1 aromatic carbocycles. The Morgan fingerprint density at radius 1 is 1.00 bits per heavy atom. The summed E-state index contributed by atoms with van der Waals surface area (Å²) in [5, 5.41) is 23.1. The molecule has 0 bridgehead atoms. The lowest BCUT2D eigenvalue weighted by Gasteiger charge is -2.35. The zero-order valence-corrected chi connectivity index (χ0v) is 24.6. The minimum Gasteiger partial charge on any atom is -0.378 e. The van der Waals surface area contributed by atoms with E-state index in [9.17, 15) is 19.5 Å². The predicted octanol–water partition coefficient (Wildman–Crippen LogP) is 2.39. The van der Waals surface area contributed by atoms with Crippen LogP contribution in [0.25, 0.3) is 0 Å². The van der Waals surface area contributed by atoms with Crippen molar-refractivity contribution in [3.8, 4) is 0 Å². The Bertz CT molecular complexity index is 1030. The number of hydrogen-bond donors (Lipinski definition) is 5. The monoisotopic (exact) mass is 555 g/mol. The molecule has 0 radical (unpaired) electrons. The molecule has 4 rings (SSSR count). The van der Waals surface area contributed by atoms with Crippen LogP contribution in [0.5, 0.6) is 0 Å². The number of benzene rings is 1. The van der Waals surface area contributed by atoms with Crippen molar-refractivity contribution < 1.29 is 19.5 Å². The molecule has 9 nitrogen and oxygen atoms in total. The fraction of sp³-hybridized carbons (Fsp3) is 0.710. The zero-order chi connectivity index (χ0) is 28.8. The number of aliphatic hydroxyl groups is 1. The summed E-state index contributed by atoms with van der Waals surface area (Å²) in [6, 6.07) is 6.14. The van der Waals surface area contributed by atoms with Crippen LogP contribution < -0.4 is 21.3 Å². The van der Waals surface area contributed by atoms with E-state index in [1.807, 2.05) is 26.0 Å². The lowest BCUT2D eigenvalue weighted by Crippen LogP contribution is -2.58. The molecule has 1 heterocycles. The van der Waals surface area contributed by atoms with E-state index in [2.05, 4.69) is 33.4 Å². The second-order valence-electron chi connectivity index (χ2n) is 12.3. The van der Waals surface area contributed by atoms with Gasteiger partial charge in [-0.2, -0.15) is 0 Å². The molecule has 1 aromatic rings. The summed E-state index contributed by atoms with van der Waals surface area (Å²) in [6.45, 7) is 5.94. The molecule has 2 aliphatic carbocycles. The number of nitrogens with one attached hydrogen (secondary N) is 4. The molecule has 3 amide bonds. The van der Waals surface area contributed by atoms with Crippen molar-refractivity contribution in [3.63, 3.8) is 0 Å². The molecule has 0 spiro atoms. The minimum absolute atomic E-state index is 0.00641. The van der Waals surface area contributed by atoms with E-state index >= 15 is 0 Å². The maximum absolute atomic E-state index is 14.3. The first-order chi connectivity index (χ1) is 19.2. The first-order valence-corrected chi connectivity index (χ1v) is 15.3. The van der Waals surface area contributed by atoms with Gasteiger partial charge in [-0.05, 0) is 75.5 Å². The molecule has 40 heavy (non-hydrogen) atoms. The molecule has 5 N–H and O–H groups in total. The first kappa shape index (κ1) is 30.5. The number of amides is 3. The van der Waals surface area contributed by atoms with Crippen LogP contribution in [0.4, 0.5) is 0 Å². The van der Waals surface area contributed by atoms with Crippen LogP contribution in [0.2, 0.25) is 0 Å². The number of carbonyl (C=O) groups is 3. The Kier molecular flexibility index (Phi) is 10.6. The van der Waals surface area contributed by atoms with Crippen LogP contribution in [-0.4, -0.2) is 71.7 Å². The van der Waals surface area contributed by atoms with Gasteiger partial charge >= 0.3 is 0 Å². The second-order valence-corrected chi connectivity index (χ2v) is 12.3. The van der Waals surface area contributed by atoms with Gasteiger partial charge in [0.05, 0.1) is 12.1 Å². The first-order valence-electron chi connectivity index (χ1n) is 15.3. The number of aliphatic hydroxyl groups excluding tert-OH is 1. The number of fused-ring (bicyclic) bond motifs is 1. The third-order valence-electron chi connectivity index (χ3n) is 9.12. The van der Waals surface area contributed by atoms with Crippen molar-refractivity contribution in [1.29, 1.82) is 0 Å². The van der Waals surface area contributed by atoms with Crippen LogP contribution in [0, 0.1) is 11.8 Å². The van der Waals surface area contributed by atoms with Crippen LogP contribution in [0.1, 0.15) is 89.3 Å². The Hall–Kier alpha value is -2.49. The lowest BCUT2D eigenvalue weighted by atomic mass is 9.83. The van der Waals surface area contributed by atoms with Crippen molar-refractivity contribution in [3.05, 3.63) is 35.4 Å². The molecule has 2 fully saturated rings. The van der Waals surface area contributed by atoms with E-state index < -0.39 is 24.4 Å². The molecule has 1 aliphatic heterocycles. The summed E-state index contributed by atoms with van der Waals surface area (Å²) >= 11 is 0. The number of aryl methyl sites for hydroxylation is 1. The Balaban J connectivity index is 1.57. The van der Waals surface area contributed by atoms with E-state index in [0.29, 0.717) is 13.0 Å². The number of carbonyl (C=O) groups excluding carboxylic acids is 3. The zero-order valence-electron chi connectivity index (χ0n) is 24.6. The van der Waals surface area contributed by atoms with Crippen LogP contribution in [-0.2, 0) is 20.8 Å². The van der Waals surface area contributed by atoms with Crippen molar-refractivity contribution in [1.82, 2.24) is 26.2 Å². The van der Waals surface area contributed by atoms with Gasteiger partial charge in [-0.25, -0.2) is 0 Å². The van der Waals surface area contributed by atoms with Crippen LogP contribution >= 0.6 is 0 Å². The minimum atomic E-state index is -0.737. The molecular weight excluding hydrogens is 506 g/mol. The van der Waals surface area contributed by atoms with Gasteiger partial charge in [0.15, 0.2) is 0 Å². The maximum atomic E-state index is 14.3. The Labute approximate surface area is 239 Å². The molecule has 3 aliphatic rings. The SMILES string of the molecule is CN[C@@H](C)C(=O)N[C@H](C(=O)N1C[C@@H](NC(O)C(C)C)C[C@H]1C(=O)N[C@@H]1CCCc2ccccc21)C1CCCCC1. The van der Waals surface area contributed by atoms with Gasteiger partial charge in [-0.3, -0.25) is 19.7 Å². The number of likely N-dealkylation sites (N-methyl/N-ethyl adjacent to an activating group) is 1. The highest BCUT2D eigenvalue weighted by Crippen LogP contribution is 2.32. The van der Waals surface area contributed by atoms with Gasteiger partial charge < -0.3 is 26.0 Å². The van der Waals surface area contributed by atoms with Gasteiger partial charge in [0.2, 0.25) is 17.7 Å². The molecule has 1 saturated heterocycles. The largest absolute Gasteiger partial charge is 0.378 e. The van der Waals surface area contributed by atoms with E-state index in [0.717, 1.165) is 56.9 Å². The highest BCUT2D eigenvalue weighted by Gasteiger charge is 2.45. The summed E-state index contributed by atoms with van der Waals surface area (Å²) < 4.78 is 0. The fourth-order valence-electron chi connectivity index (χ4n) is 6.49. The van der Waals surface area contributed by atoms with Gasteiger partial charge in [-0.15, -0.1) is 0 Å². The van der Waals surface area contributed by atoms with Gasteiger partial charge in [0.25, 0.3) is 0 Å². The van der Waals surface area contributed by atoms with E-state index in [1.165, 1.54) is 5.56 Å². The van der Waals surface area contributed by atoms with Crippen molar-refractivity contribution in [2.24, 2.45) is 11.8 Å². The van der Waals surface area contributed by atoms with Crippen LogP contribution in [0.3, 0.4) is 0 Å². The topological polar surface area (TPSA) is 123 Å². The molecule has 6 atom stereocenters. The molecular formula is C31H49N5O4. The summed E-state index contributed by atoms with van der Waals surface area (Å²) in [6.07, 6.45) is 7.48. The van der Waals surface area contributed by atoms with Crippen molar-refractivity contribution in [2.45, 2.75) is 115 Å². The summed E-state index contributed by atoms with van der Waals surface area (Å²) in [4.78, 5) is 42.8. The molecule has 1 saturated carbocycles. The third-order valence-corrected chi connectivity index (χ3v) is 9.12. The summed E-state index contributed by atoms with van der Waals surface area (Å²) in [5.41, 5.74) is 2.41. The van der Waals surface area contributed by atoms with Crippen molar-refractivity contribution >= 4 is 17.7 Å². The highest BCUT2D eigenvalue weighted by atomic mass is 16.3. The number of rotatable bonds is 10. The molecule has 0 aromatic heterocycles. The quantitative estimate of drug-likeness (QED) is 0.283. The van der Waals surface area contributed by atoms with Crippen LogP contribution in [0.15, 0.2) is 24.3 Å². The molecule has 9 heteroatoms. The van der Waals surface area contributed by atoms with E-state index in [-0.39, 0.29) is 41.6 Å². The lowest BCUT2D eigenvalue weighted by molar-refractivity contribution is -0.143. The highest BCUT2D eigenvalue weighted by molar-refractivity contribution is 5.94. The summed E-state index contributed by atoms with van der Waals surface area (Å²) in [5.74, 6) is -0.549. The Morgan fingerprint density at radius 3 is 2.42 bits per heavy atom. The average molecular weight is 556 g/mol. The molecule has 222 valence electrons. The normalized spacial score (nSPS) is 25.6. The van der Waals surface area contributed by atoms with Crippen molar-refractivity contribution in [2.75, 3.05) is 13.6 Å². The molecule has 1 unspecified atom stereocenters. The number of likely N-dealkylation sites (tertiary alicyclic amines) is 1. The predicted molar refractivity (Wildman–Crippen MR) is 155 cm³/mol. The van der Waals surface area contributed by atoms with E-state index in [4.69, 9.17) is 0 Å². The Morgan fingerprint density at radius 2 is 1.73 bits per heavy atom. The summed E-state index contributed by atoms with van der Waals surface area (Å²) in [7, 11) is 1.72. The number of hydrogen-bond acceptors (Lipinski definition) is 6. The maximum Gasteiger partial charge on any atom is 0.246 e. The van der Waals surface area contributed by atoms with E-state index in [1.54, 1.807) is 18.9 Å². The fourth-order valence-corrected chi connectivity index (χ4v) is 6.49. The number of nitrogens with zero attached hydrogens (tertiary/aromatic N) is 1. The van der Waals surface area contributed by atoms with Gasteiger partial charge in [-0.1, -0.05) is 57.4 Å².